The summed E-state index contributed by atoms with van der Waals surface area (Å²) in [6.45, 7) is 8.15. The van der Waals surface area contributed by atoms with Crippen LogP contribution in [0.4, 0.5) is 0 Å². The minimum Gasteiger partial charge on any atom is -0.497 e. The molecule has 23 heavy (non-hydrogen) atoms. The van der Waals surface area contributed by atoms with Crippen LogP contribution in [0.25, 0.3) is 0 Å². The third kappa shape index (κ3) is 3.92. The van der Waals surface area contributed by atoms with E-state index in [0.29, 0.717) is 0 Å². The number of carbonyl (C=O) groups is 1. The molecule has 3 heteroatoms. The van der Waals surface area contributed by atoms with Gasteiger partial charge in [-0.15, -0.1) is 0 Å². The molecule has 0 heterocycles. The summed E-state index contributed by atoms with van der Waals surface area (Å²) in [6.07, 6.45) is 0.835. The number of ether oxygens (including phenoxy) is 1. The van der Waals surface area contributed by atoms with Crippen LogP contribution < -0.4 is 10.1 Å². The number of nitrogens with one attached hydrogen (secondary N) is 1. The van der Waals surface area contributed by atoms with Crippen LogP contribution in [0, 0.1) is 20.8 Å². The van der Waals surface area contributed by atoms with E-state index in [4.69, 9.17) is 4.74 Å². The van der Waals surface area contributed by atoms with Crippen LogP contribution in [-0.2, 0) is 0 Å². The van der Waals surface area contributed by atoms with Crippen molar-refractivity contribution in [2.75, 3.05) is 7.11 Å². The molecule has 122 valence electrons. The zero-order chi connectivity index (χ0) is 17.0. The molecule has 1 atom stereocenters. The fourth-order valence-electron chi connectivity index (χ4n) is 2.70. The van der Waals surface area contributed by atoms with Crippen molar-refractivity contribution in [2.24, 2.45) is 0 Å². The molecule has 2 aromatic carbocycles. The molecule has 0 bridgehead atoms. The van der Waals surface area contributed by atoms with E-state index in [1.807, 2.05) is 44.2 Å². The van der Waals surface area contributed by atoms with Gasteiger partial charge in [-0.3, -0.25) is 4.79 Å². The number of carbonyl (C=O) groups excluding carboxylic acids is 1. The van der Waals surface area contributed by atoms with Crippen molar-refractivity contribution < 1.29 is 9.53 Å². The van der Waals surface area contributed by atoms with Crippen LogP contribution in [0.3, 0.4) is 0 Å². The predicted octanol–water partition coefficient (Wildman–Crippen LogP) is 4.50. The summed E-state index contributed by atoms with van der Waals surface area (Å²) in [6, 6.07) is 11.9. The minimum absolute atomic E-state index is 0.00517. The lowest BCUT2D eigenvalue weighted by Gasteiger charge is -2.19. The van der Waals surface area contributed by atoms with Gasteiger partial charge in [0, 0.05) is 5.56 Å². The highest BCUT2D eigenvalue weighted by molar-refractivity contribution is 5.96. The number of methoxy groups -OCH3 is 1. The van der Waals surface area contributed by atoms with Gasteiger partial charge in [-0.25, -0.2) is 0 Å². The van der Waals surface area contributed by atoms with Gasteiger partial charge in [-0.05, 0) is 67.6 Å². The first kappa shape index (κ1) is 17.1. The second-order valence-corrected chi connectivity index (χ2v) is 5.96. The summed E-state index contributed by atoms with van der Waals surface area (Å²) in [5.41, 5.74) is 5.19. The van der Waals surface area contributed by atoms with Gasteiger partial charge in [0.05, 0.1) is 13.2 Å². The summed E-state index contributed by atoms with van der Waals surface area (Å²) in [5, 5.41) is 3.14. The Balaban J connectivity index is 2.21. The van der Waals surface area contributed by atoms with Gasteiger partial charge in [0.1, 0.15) is 5.75 Å². The summed E-state index contributed by atoms with van der Waals surface area (Å²) >= 11 is 0. The Morgan fingerprint density at radius 1 is 1.04 bits per heavy atom. The molecule has 0 unspecified atom stereocenters. The SMILES string of the molecule is CC[C@H](NC(=O)c1cc(C)c(C)cc1C)c1ccc(OC)cc1. The molecule has 1 N–H and O–H groups in total. The number of hydrogen-bond donors (Lipinski definition) is 1. The van der Waals surface area contributed by atoms with E-state index >= 15 is 0 Å². The van der Waals surface area contributed by atoms with Crippen LogP contribution in [0.1, 0.15) is 52.0 Å². The molecule has 0 spiro atoms. The molecule has 2 aromatic rings. The van der Waals surface area contributed by atoms with Crippen molar-refractivity contribution in [3.63, 3.8) is 0 Å². The minimum atomic E-state index is -0.0201. The summed E-state index contributed by atoms with van der Waals surface area (Å²) in [5.74, 6) is 0.799. The van der Waals surface area contributed by atoms with Crippen molar-refractivity contribution in [3.8, 4) is 5.75 Å². The number of benzene rings is 2. The molecule has 0 aliphatic carbocycles. The molecule has 0 aromatic heterocycles. The molecule has 0 saturated heterocycles. The Kier molecular flexibility index (Phi) is 5.43. The number of amides is 1. The summed E-state index contributed by atoms with van der Waals surface area (Å²) in [7, 11) is 1.65. The average Bonchev–Trinajstić information content (AvgIpc) is 2.56. The van der Waals surface area contributed by atoms with E-state index in [1.54, 1.807) is 7.11 Å². The molecule has 0 fully saturated rings. The molecule has 2 rings (SSSR count). The molecular formula is C20H25NO2. The Labute approximate surface area is 138 Å². The number of rotatable bonds is 5. The highest BCUT2D eigenvalue weighted by Crippen LogP contribution is 2.22. The third-order valence-electron chi connectivity index (χ3n) is 4.32. The molecule has 0 aliphatic heterocycles. The normalized spacial score (nSPS) is 11.9. The van der Waals surface area contributed by atoms with Crippen LogP contribution in [-0.4, -0.2) is 13.0 Å². The number of aryl methyl sites for hydroxylation is 3. The van der Waals surface area contributed by atoms with E-state index in [0.717, 1.165) is 34.4 Å². The smallest absolute Gasteiger partial charge is 0.252 e. The Bertz CT molecular complexity index is 690. The van der Waals surface area contributed by atoms with Crippen molar-refractivity contribution in [3.05, 3.63) is 64.2 Å². The molecule has 0 saturated carbocycles. The van der Waals surface area contributed by atoms with Gasteiger partial charge in [-0.1, -0.05) is 25.1 Å². The lowest BCUT2D eigenvalue weighted by molar-refractivity contribution is 0.0935. The maximum absolute atomic E-state index is 12.7. The van der Waals surface area contributed by atoms with E-state index < -0.39 is 0 Å². The van der Waals surface area contributed by atoms with Crippen molar-refractivity contribution in [2.45, 2.75) is 40.2 Å². The summed E-state index contributed by atoms with van der Waals surface area (Å²) < 4.78 is 5.19. The van der Waals surface area contributed by atoms with Crippen LogP contribution in [0.2, 0.25) is 0 Å². The predicted molar refractivity (Wildman–Crippen MR) is 94.1 cm³/mol. The maximum atomic E-state index is 12.7. The molecular weight excluding hydrogens is 286 g/mol. The van der Waals surface area contributed by atoms with Gasteiger partial charge in [0.25, 0.3) is 5.91 Å². The fourth-order valence-corrected chi connectivity index (χ4v) is 2.70. The largest absolute Gasteiger partial charge is 0.497 e. The topological polar surface area (TPSA) is 38.3 Å². The second-order valence-electron chi connectivity index (χ2n) is 5.96. The first-order valence-corrected chi connectivity index (χ1v) is 7.99. The van der Waals surface area contributed by atoms with Crippen LogP contribution in [0.15, 0.2) is 36.4 Å². The monoisotopic (exact) mass is 311 g/mol. The van der Waals surface area contributed by atoms with Gasteiger partial charge >= 0.3 is 0 Å². The van der Waals surface area contributed by atoms with Crippen LogP contribution in [0.5, 0.6) is 5.75 Å². The molecule has 0 radical (unpaired) electrons. The van der Waals surface area contributed by atoms with E-state index in [2.05, 4.69) is 25.2 Å². The average molecular weight is 311 g/mol. The highest BCUT2D eigenvalue weighted by Gasteiger charge is 2.16. The molecule has 0 aliphatic rings. The van der Waals surface area contributed by atoms with Crippen molar-refractivity contribution >= 4 is 5.91 Å². The Morgan fingerprint density at radius 3 is 2.22 bits per heavy atom. The fraction of sp³-hybridized carbons (Fsp3) is 0.350. The van der Waals surface area contributed by atoms with Gasteiger partial charge in [0.2, 0.25) is 0 Å². The third-order valence-corrected chi connectivity index (χ3v) is 4.32. The Hall–Kier alpha value is -2.29. The highest BCUT2D eigenvalue weighted by atomic mass is 16.5. The van der Waals surface area contributed by atoms with E-state index in [9.17, 15) is 4.79 Å². The lowest BCUT2D eigenvalue weighted by Crippen LogP contribution is -2.28. The van der Waals surface area contributed by atoms with Gasteiger partial charge < -0.3 is 10.1 Å². The van der Waals surface area contributed by atoms with E-state index in [1.165, 1.54) is 5.56 Å². The first-order valence-electron chi connectivity index (χ1n) is 7.99. The quantitative estimate of drug-likeness (QED) is 0.883. The number of hydrogen-bond acceptors (Lipinski definition) is 2. The zero-order valence-electron chi connectivity index (χ0n) is 14.6. The first-order chi connectivity index (χ1) is 11.0. The van der Waals surface area contributed by atoms with Crippen LogP contribution >= 0.6 is 0 Å². The van der Waals surface area contributed by atoms with E-state index in [-0.39, 0.29) is 11.9 Å². The standard InChI is InChI=1S/C20H25NO2/c1-6-19(16-7-9-17(23-5)10-8-16)21-20(22)18-12-14(3)13(2)11-15(18)4/h7-12,19H,6H2,1-5H3,(H,21,22)/t19-/m0/s1. The van der Waals surface area contributed by atoms with Gasteiger partial charge in [-0.2, -0.15) is 0 Å². The lowest BCUT2D eigenvalue weighted by atomic mass is 9.99. The maximum Gasteiger partial charge on any atom is 0.252 e. The second kappa shape index (κ2) is 7.32. The van der Waals surface area contributed by atoms with Crippen molar-refractivity contribution in [1.82, 2.24) is 5.32 Å². The molecule has 1 amide bonds. The Morgan fingerprint density at radius 2 is 1.65 bits per heavy atom. The molecule has 3 nitrogen and oxygen atoms in total. The van der Waals surface area contributed by atoms with Crippen molar-refractivity contribution in [1.29, 1.82) is 0 Å². The summed E-state index contributed by atoms with van der Waals surface area (Å²) in [4.78, 5) is 12.7. The zero-order valence-corrected chi connectivity index (χ0v) is 14.6. The van der Waals surface area contributed by atoms with Gasteiger partial charge in [0.15, 0.2) is 0 Å².